The fourth-order valence-corrected chi connectivity index (χ4v) is 2.32. The maximum atomic E-state index is 12.4. The summed E-state index contributed by atoms with van der Waals surface area (Å²) in [5, 5.41) is 0. The molecule has 4 nitrogen and oxygen atoms in total. The summed E-state index contributed by atoms with van der Waals surface area (Å²) in [6, 6.07) is 13.8. The molecular weight excluding hydrogens is 340 g/mol. The summed E-state index contributed by atoms with van der Waals surface area (Å²) >= 11 is 0. The molecule has 0 bridgehead atoms. The number of likely N-dealkylation sites (N-methyl/N-ethyl adjacent to an activating group) is 1. The highest BCUT2D eigenvalue weighted by molar-refractivity contribution is 5.92. The molecule has 26 heavy (non-hydrogen) atoms. The Morgan fingerprint density at radius 3 is 2.50 bits per heavy atom. The van der Waals surface area contributed by atoms with E-state index in [-0.39, 0.29) is 11.7 Å². The van der Waals surface area contributed by atoms with Crippen molar-refractivity contribution in [1.82, 2.24) is 4.90 Å². The topological polar surface area (TPSA) is 38.8 Å². The summed E-state index contributed by atoms with van der Waals surface area (Å²) in [6.45, 7) is 0.0175. The van der Waals surface area contributed by atoms with Gasteiger partial charge in [0.15, 0.2) is 0 Å². The largest absolute Gasteiger partial charge is 0.494 e. The second kappa shape index (κ2) is 9.56. The van der Waals surface area contributed by atoms with E-state index in [1.54, 1.807) is 25.2 Å². The van der Waals surface area contributed by atoms with Gasteiger partial charge in [-0.1, -0.05) is 30.3 Å². The lowest BCUT2D eigenvalue weighted by Crippen LogP contribution is -2.24. The van der Waals surface area contributed by atoms with Crippen LogP contribution in [0.2, 0.25) is 0 Å². The van der Waals surface area contributed by atoms with E-state index in [9.17, 15) is 13.6 Å². The molecule has 0 unspecified atom stereocenters. The van der Waals surface area contributed by atoms with Gasteiger partial charge in [0.2, 0.25) is 5.91 Å². The highest BCUT2D eigenvalue weighted by Gasteiger charge is 2.09. The van der Waals surface area contributed by atoms with Gasteiger partial charge in [0, 0.05) is 25.2 Å². The first-order valence-electron chi connectivity index (χ1n) is 8.18. The number of carbonyl (C=O) groups excluding carboxylic acids is 1. The van der Waals surface area contributed by atoms with Gasteiger partial charge >= 0.3 is 6.61 Å². The first-order valence-corrected chi connectivity index (χ1v) is 8.18. The van der Waals surface area contributed by atoms with Crippen molar-refractivity contribution in [2.24, 2.45) is 0 Å². The molecule has 0 aliphatic rings. The normalized spacial score (nSPS) is 11.0. The lowest BCUT2D eigenvalue weighted by atomic mass is 10.1. The number of halogens is 2. The van der Waals surface area contributed by atoms with E-state index < -0.39 is 6.61 Å². The van der Waals surface area contributed by atoms with Crippen LogP contribution in [0.1, 0.15) is 18.1 Å². The summed E-state index contributed by atoms with van der Waals surface area (Å²) in [4.78, 5) is 13.8. The van der Waals surface area contributed by atoms with Crippen LogP contribution < -0.4 is 9.47 Å². The molecular formula is C20H21F2NO3. The first kappa shape index (κ1) is 19.4. The molecule has 0 aliphatic carbocycles. The Hall–Kier alpha value is -2.89. The van der Waals surface area contributed by atoms with Gasteiger partial charge in [-0.2, -0.15) is 8.78 Å². The molecule has 0 saturated heterocycles. The van der Waals surface area contributed by atoms with E-state index in [1.165, 1.54) is 23.1 Å². The summed E-state index contributed by atoms with van der Waals surface area (Å²) in [6.07, 6.45) is 2.80. The molecule has 0 saturated carbocycles. The van der Waals surface area contributed by atoms with E-state index in [4.69, 9.17) is 4.74 Å². The van der Waals surface area contributed by atoms with E-state index in [2.05, 4.69) is 4.74 Å². The molecule has 0 radical (unpaired) electrons. The minimum atomic E-state index is -2.91. The predicted octanol–water partition coefficient (Wildman–Crippen LogP) is 4.36. The summed E-state index contributed by atoms with van der Waals surface area (Å²) < 4.78 is 34.7. The SMILES string of the molecule is CCOc1ccc(CN(C)C(=O)/C=C/c2ccccc2OC(F)F)cc1. The fraction of sp³-hybridized carbons (Fsp3) is 0.250. The molecule has 2 rings (SSSR count). The van der Waals surface area contributed by atoms with E-state index >= 15 is 0 Å². The highest BCUT2D eigenvalue weighted by atomic mass is 19.3. The van der Waals surface area contributed by atoms with Crippen LogP contribution in [0, 0.1) is 0 Å². The molecule has 0 fully saturated rings. The molecule has 1 amide bonds. The van der Waals surface area contributed by atoms with Crippen LogP contribution in [0.25, 0.3) is 6.08 Å². The van der Waals surface area contributed by atoms with E-state index in [0.29, 0.717) is 18.7 Å². The Morgan fingerprint density at radius 2 is 1.85 bits per heavy atom. The van der Waals surface area contributed by atoms with Crippen molar-refractivity contribution in [3.05, 3.63) is 65.7 Å². The molecule has 0 spiro atoms. The van der Waals surface area contributed by atoms with Crippen LogP contribution in [0.3, 0.4) is 0 Å². The fourth-order valence-electron chi connectivity index (χ4n) is 2.32. The Kier molecular flexibility index (Phi) is 7.14. The van der Waals surface area contributed by atoms with Crippen molar-refractivity contribution < 1.29 is 23.0 Å². The van der Waals surface area contributed by atoms with Crippen LogP contribution >= 0.6 is 0 Å². The number of hydrogen-bond donors (Lipinski definition) is 0. The standard InChI is InChI=1S/C20H21F2NO3/c1-3-25-17-11-8-15(9-12-17)14-23(2)19(24)13-10-16-6-4-5-7-18(16)26-20(21)22/h4-13,20H,3,14H2,1-2H3/b13-10+. The maximum absolute atomic E-state index is 12.4. The van der Waals surface area contributed by atoms with Crippen molar-refractivity contribution in [2.75, 3.05) is 13.7 Å². The average Bonchev–Trinajstić information content (AvgIpc) is 2.62. The van der Waals surface area contributed by atoms with Crippen LogP contribution in [0.4, 0.5) is 8.78 Å². The number of para-hydroxylation sites is 1. The third-order valence-electron chi connectivity index (χ3n) is 3.57. The van der Waals surface area contributed by atoms with Crippen LogP contribution in [0.5, 0.6) is 11.5 Å². The molecule has 0 heterocycles. The number of carbonyl (C=O) groups is 1. The number of benzene rings is 2. The minimum Gasteiger partial charge on any atom is -0.494 e. The van der Waals surface area contributed by atoms with Gasteiger partial charge in [0.1, 0.15) is 11.5 Å². The predicted molar refractivity (Wildman–Crippen MR) is 96.2 cm³/mol. The number of nitrogens with zero attached hydrogens (tertiary/aromatic N) is 1. The second-order valence-electron chi connectivity index (χ2n) is 5.52. The Balaban J connectivity index is 1.99. The van der Waals surface area contributed by atoms with Crippen molar-refractivity contribution in [1.29, 1.82) is 0 Å². The average molecular weight is 361 g/mol. The van der Waals surface area contributed by atoms with Gasteiger partial charge in [-0.15, -0.1) is 0 Å². The summed E-state index contributed by atoms with van der Waals surface area (Å²) in [5.41, 5.74) is 1.37. The lowest BCUT2D eigenvalue weighted by molar-refractivity contribution is -0.125. The van der Waals surface area contributed by atoms with Crippen LogP contribution in [-0.2, 0) is 11.3 Å². The van der Waals surface area contributed by atoms with Gasteiger partial charge in [0.25, 0.3) is 0 Å². The quantitative estimate of drug-likeness (QED) is 0.656. The summed E-state index contributed by atoms with van der Waals surface area (Å²) in [5.74, 6) is 0.562. The first-order chi connectivity index (χ1) is 12.5. The van der Waals surface area contributed by atoms with Gasteiger partial charge in [0.05, 0.1) is 6.61 Å². The Labute approximate surface area is 151 Å². The van der Waals surface area contributed by atoms with Crippen LogP contribution in [0.15, 0.2) is 54.6 Å². The lowest BCUT2D eigenvalue weighted by Gasteiger charge is -2.15. The van der Waals surface area contributed by atoms with Crippen molar-refractivity contribution >= 4 is 12.0 Å². The van der Waals surface area contributed by atoms with Crippen molar-refractivity contribution in [3.8, 4) is 11.5 Å². The van der Waals surface area contributed by atoms with Crippen molar-refractivity contribution in [2.45, 2.75) is 20.1 Å². The van der Waals surface area contributed by atoms with Gasteiger partial charge in [-0.05, 0) is 36.8 Å². The third-order valence-corrected chi connectivity index (χ3v) is 3.57. The molecule has 138 valence electrons. The zero-order chi connectivity index (χ0) is 18.9. The second-order valence-corrected chi connectivity index (χ2v) is 5.52. The van der Waals surface area contributed by atoms with Gasteiger partial charge in [-0.3, -0.25) is 4.79 Å². The number of amides is 1. The monoisotopic (exact) mass is 361 g/mol. The third kappa shape index (κ3) is 5.88. The Morgan fingerprint density at radius 1 is 1.15 bits per heavy atom. The van der Waals surface area contributed by atoms with Gasteiger partial charge < -0.3 is 14.4 Å². The highest BCUT2D eigenvalue weighted by Crippen LogP contribution is 2.21. The number of rotatable bonds is 8. The molecule has 6 heteroatoms. The molecule has 0 aromatic heterocycles. The van der Waals surface area contributed by atoms with E-state index in [1.807, 2.05) is 31.2 Å². The maximum Gasteiger partial charge on any atom is 0.387 e. The van der Waals surface area contributed by atoms with Crippen LogP contribution in [-0.4, -0.2) is 31.1 Å². The number of alkyl halides is 2. The molecule has 2 aromatic rings. The smallest absolute Gasteiger partial charge is 0.387 e. The summed E-state index contributed by atoms with van der Waals surface area (Å²) in [7, 11) is 1.67. The van der Waals surface area contributed by atoms with E-state index in [0.717, 1.165) is 11.3 Å². The zero-order valence-electron chi connectivity index (χ0n) is 14.7. The molecule has 0 atom stereocenters. The minimum absolute atomic E-state index is 0.0284. The number of hydrogen-bond acceptors (Lipinski definition) is 3. The van der Waals surface area contributed by atoms with Gasteiger partial charge in [-0.25, -0.2) is 0 Å². The van der Waals surface area contributed by atoms with Crippen molar-refractivity contribution in [3.63, 3.8) is 0 Å². The number of ether oxygens (including phenoxy) is 2. The molecule has 2 aromatic carbocycles. The molecule has 0 aliphatic heterocycles. The zero-order valence-corrected chi connectivity index (χ0v) is 14.7. The Bertz CT molecular complexity index is 745. The molecule has 0 N–H and O–H groups in total.